The predicted octanol–water partition coefficient (Wildman–Crippen LogP) is 1.09. The van der Waals surface area contributed by atoms with Crippen LogP contribution in [0.3, 0.4) is 0 Å². The molecule has 0 bridgehead atoms. The normalized spacial score (nSPS) is 22.2. The van der Waals surface area contributed by atoms with Gasteiger partial charge < -0.3 is 9.84 Å². The Morgan fingerprint density at radius 1 is 1.57 bits per heavy atom. The lowest BCUT2D eigenvalue weighted by Crippen LogP contribution is -2.27. The first kappa shape index (κ1) is 9.33. The van der Waals surface area contributed by atoms with Crippen LogP contribution in [0.5, 0.6) is 0 Å². The topological polar surface area (TPSA) is 68.0 Å². The van der Waals surface area contributed by atoms with Gasteiger partial charge in [-0.25, -0.2) is 0 Å². The van der Waals surface area contributed by atoms with Crippen molar-refractivity contribution < 1.29 is 9.32 Å². The van der Waals surface area contributed by atoms with Gasteiger partial charge in [0.25, 0.3) is 0 Å². The van der Waals surface area contributed by atoms with Crippen molar-refractivity contribution in [3.63, 3.8) is 0 Å². The van der Waals surface area contributed by atoms with Gasteiger partial charge in [-0.15, -0.1) is 0 Å². The minimum atomic E-state index is -0.157. The fourth-order valence-electron chi connectivity index (χ4n) is 1.58. The molecule has 0 aromatic carbocycles. The Balaban J connectivity index is 2.11. The highest BCUT2D eigenvalue weighted by Crippen LogP contribution is 2.21. The van der Waals surface area contributed by atoms with Gasteiger partial charge in [0, 0.05) is 6.92 Å². The highest BCUT2D eigenvalue weighted by atomic mass is 16.5. The van der Waals surface area contributed by atoms with Gasteiger partial charge in [-0.05, 0) is 19.4 Å². The highest BCUT2D eigenvalue weighted by Gasteiger charge is 2.21. The molecule has 76 valence electrons. The van der Waals surface area contributed by atoms with E-state index >= 15 is 0 Å². The monoisotopic (exact) mass is 195 g/mol. The van der Waals surface area contributed by atoms with Crippen LogP contribution in [0.15, 0.2) is 4.52 Å². The van der Waals surface area contributed by atoms with Gasteiger partial charge in [0.05, 0.1) is 6.04 Å². The molecule has 0 radical (unpaired) electrons. The maximum Gasteiger partial charge on any atom is 0.244 e. The summed E-state index contributed by atoms with van der Waals surface area (Å²) >= 11 is 0. The summed E-state index contributed by atoms with van der Waals surface area (Å²) in [6, 6.07) is 0.129. The first-order valence-corrected chi connectivity index (χ1v) is 4.85. The maximum atomic E-state index is 10.9. The van der Waals surface area contributed by atoms with Gasteiger partial charge in [-0.1, -0.05) is 11.6 Å². The zero-order chi connectivity index (χ0) is 9.97. The molecule has 0 spiro atoms. The Kier molecular flexibility index (Phi) is 2.58. The standard InChI is InChI=1S/C9H13N3O2/c1-6(13)8-11-9(14-12-8)7-4-2-3-5-10-7/h7,10H,2-5H2,1H3. The second-order valence-corrected chi connectivity index (χ2v) is 3.51. The average Bonchev–Trinajstić information content (AvgIpc) is 2.68. The van der Waals surface area contributed by atoms with Crippen LogP contribution in [0.2, 0.25) is 0 Å². The molecule has 1 aliphatic heterocycles. The zero-order valence-electron chi connectivity index (χ0n) is 8.12. The third-order valence-electron chi connectivity index (χ3n) is 2.37. The molecule has 1 aliphatic rings. The number of nitrogens with one attached hydrogen (secondary N) is 1. The molecule has 5 nitrogen and oxygen atoms in total. The van der Waals surface area contributed by atoms with Crippen molar-refractivity contribution in [3.05, 3.63) is 11.7 Å². The van der Waals surface area contributed by atoms with Gasteiger partial charge in [0.2, 0.25) is 17.5 Å². The molecule has 2 rings (SSSR count). The molecule has 1 N–H and O–H groups in total. The summed E-state index contributed by atoms with van der Waals surface area (Å²) in [6.07, 6.45) is 3.35. The minimum absolute atomic E-state index is 0.129. The van der Waals surface area contributed by atoms with Crippen molar-refractivity contribution in [2.75, 3.05) is 6.54 Å². The number of hydrogen-bond donors (Lipinski definition) is 1. The Morgan fingerprint density at radius 3 is 3.00 bits per heavy atom. The number of hydrogen-bond acceptors (Lipinski definition) is 5. The summed E-state index contributed by atoms with van der Waals surface area (Å²) in [7, 11) is 0. The van der Waals surface area contributed by atoms with Gasteiger partial charge in [0.15, 0.2) is 0 Å². The van der Waals surface area contributed by atoms with Crippen molar-refractivity contribution in [2.24, 2.45) is 0 Å². The maximum absolute atomic E-state index is 10.9. The molecule has 1 unspecified atom stereocenters. The fraction of sp³-hybridized carbons (Fsp3) is 0.667. The van der Waals surface area contributed by atoms with Crippen molar-refractivity contribution in [2.45, 2.75) is 32.2 Å². The van der Waals surface area contributed by atoms with Gasteiger partial charge in [-0.2, -0.15) is 4.98 Å². The molecule has 1 saturated heterocycles. The van der Waals surface area contributed by atoms with Crippen molar-refractivity contribution in [3.8, 4) is 0 Å². The number of nitrogens with zero attached hydrogens (tertiary/aromatic N) is 2. The van der Waals surface area contributed by atoms with Crippen LogP contribution >= 0.6 is 0 Å². The van der Waals surface area contributed by atoms with E-state index in [4.69, 9.17) is 4.52 Å². The van der Waals surface area contributed by atoms with Gasteiger partial charge in [0.1, 0.15) is 0 Å². The zero-order valence-corrected chi connectivity index (χ0v) is 8.12. The molecule has 1 atom stereocenters. The SMILES string of the molecule is CC(=O)c1noc(C2CCCCN2)n1. The first-order valence-electron chi connectivity index (χ1n) is 4.85. The number of ketones is 1. The van der Waals surface area contributed by atoms with E-state index < -0.39 is 0 Å². The van der Waals surface area contributed by atoms with Crippen molar-refractivity contribution in [1.82, 2.24) is 15.5 Å². The molecule has 1 fully saturated rings. The number of rotatable bonds is 2. The second kappa shape index (κ2) is 3.88. The molecule has 0 aliphatic carbocycles. The molecular formula is C9H13N3O2. The smallest absolute Gasteiger partial charge is 0.244 e. The third kappa shape index (κ3) is 1.82. The molecule has 0 amide bonds. The average molecular weight is 195 g/mol. The number of carbonyl (C=O) groups excluding carboxylic acids is 1. The summed E-state index contributed by atoms with van der Waals surface area (Å²) < 4.78 is 5.02. The van der Waals surface area contributed by atoms with E-state index in [1.165, 1.54) is 13.3 Å². The highest BCUT2D eigenvalue weighted by molar-refractivity contribution is 5.89. The molecule has 1 aromatic rings. The van der Waals surface area contributed by atoms with Crippen LogP contribution in [0.1, 0.15) is 48.7 Å². The minimum Gasteiger partial charge on any atom is -0.337 e. The Hall–Kier alpha value is -1.23. The quantitative estimate of drug-likeness (QED) is 0.715. The lowest BCUT2D eigenvalue weighted by molar-refractivity contribution is 0.100. The number of piperidine rings is 1. The fourth-order valence-corrected chi connectivity index (χ4v) is 1.58. The van der Waals surface area contributed by atoms with Crippen LogP contribution < -0.4 is 5.32 Å². The van der Waals surface area contributed by atoms with Gasteiger partial charge in [-0.3, -0.25) is 4.79 Å². The van der Waals surface area contributed by atoms with E-state index in [-0.39, 0.29) is 17.6 Å². The Labute approximate surface area is 81.9 Å². The van der Waals surface area contributed by atoms with Gasteiger partial charge >= 0.3 is 0 Å². The summed E-state index contributed by atoms with van der Waals surface area (Å²) in [5.74, 6) is 0.554. The lowest BCUT2D eigenvalue weighted by atomic mass is 10.1. The summed E-state index contributed by atoms with van der Waals surface area (Å²) in [6.45, 7) is 2.41. The van der Waals surface area contributed by atoms with Crippen LogP contribution in [-0.2, 0) is 0 Å². The van der Waals surface area contributed by atoms with E-state index in [0.29, 0.717) is 5.89 Å². The predicted molar refractivity (Wildman–Crippen MR) is 48.9 cm³/mol. The second-order valence-electron chi connectivity index (χ2n) is 3.51. The van der Waals surface area contributed by atoms with E-state index in [2.05, 4.69) is 15.5 Å². The molecule has 2 heterocycles. The molecule has 5 heteroatoms. The lowest BCUT2D eigenvalue weighted by Gasteiger charge is -2.19. The van der Waals surface area contributed by atoms with E-state index in [0.717, 1.165) is 19.4 Å². The number of Topliss-reactive ketones (excluding diaryl/α,β-unsaturated/α-hetero) is 1. The molecular weight excluding hydrogens is 182 g/mol. The van der Waals surface area contributed by atoms with E-state index in [1.807, 2.05) is 0 Å². The summed E-state index contributed by atoms with van der Waals surface area (Å²) in [5.41, 5.74) is 0. The third-order valence-corrected chi connectivity index (χ3v) is 2.37. The first-order chi connectivity index (χ1) is 6.77. The largest absolute Gasteiger partial charge is 0.337 e. The molecule has 14 heavy (non-hydrogen) atoms. The van der Waals surface area contributed by atoms with Crippen LogP contribution in [0.4, 0.5) is 0 Å². The summed E-state index contributed by atoms with van der Waals surface area (Å²) in [5, 5.41) is 6.90. The number of aromatic nitrogens is 2. The van der Waals surface area contributed by atoms with Crippen LogP contribution in [0.25, 0.3) is 0 Å². The Morgan fingerprint density at radius 2 is 2.43 bits per heavy atom. The molecule has 0 saturated carbocycles. The summed E-state index contributed by atoms with van der Waals surface area (Å²) in [4.78, 5) is 15.0. The van der Waals surface area contributed by atoms with Crippen LogP contribution in [0, 0.1) is 0 Å². The van der Waals surface area contributed by atoms with Crippen LogP contribution in [-0.4, -0.2) is 22.5 Å². The molecule has 1 aromatic heterocycles. The van der Waals surface area contributed by atoms with Crippen molar-refractivity contribution >= 4 is 5.78 Å². The Bertz CT molecular complexity index is 329. The van der Waals surface area contributed by atoms with E-state index in [9.17, 15) is 4.79 Å². The van der Waals surface area contributed by atoms with E-state index in [1.54, 1.807) is 0 Å². The number of carbonyl (C=O) groups is 1. The van der Waals surface area contributed by atoms with Crippen molar-refractivity contribution in [1.29, 1.82) is 0 Å².